The molecule has 2 amide bonds. The third-order valence-corrected chi connectivity index (χ3v) is 5.92. The fraction of sp³-hybridized carbons (Fsp3) is 0.250. The van der Waals surface area contributed by atoms with Crippen molar-refractivity contribution in [1.82, 2.24) is 15.0 Å². The molecular formula is C20H22N4O3S2. The summed E-state index contributed by atoms with van der Waals surface area (Å²) in [7, 11) is 0. The molecule has 29 heavy (non-hydrogen) atoms. The number of hydrogen-bond acceptors (Lipinski definition) is 7. The number of amides is 2. The molecule has 7 nitrogen and oxygen atoms in total. The first-order valence-corrected chi connectivity index (χ1v) is 10.9. The molecule has 1 aliphatic heterocycles. The number of carbonyl (C=O) groups excluding carboxylic acids is 2. The zero-order chi connectivity index (χ0) is 20.5. The lowest BCUT2D eigenvalue weighted by molar-refractivity contribution is -0.123. The standard InChI is InChI=1S/C20H22N4O3S2/c1-15(22-20(26)27-12-16-8-4-2-5-9-16)18(25)23-19-24(21-14-28-19)29-13-17-10-6-3-7-11-17/h2-11,14-15,19H,12-13H2,1H3,(H,22,26)(H,23,25)/t15-,19?/m0/s1. The van der Waals surface area contributed by atoms with Crippen LogP contribution < -0.4 is 10.6 Å². The minimum atomic E-state index is -0.736. The van der Waals surface area contributed by atoms with Gasteiger partial charge in [-0.1, -0.05) is 72.4 Å². The highest BCUT2D eigenvalue weighted by molar-refractivity contribution is 8.13. The van der Waals surface area contributed by atoms with E-state index in [-0.39, 0.29) is 18.0 Å². The van der Waals surface area contributed by atoms with Gasteiger partial charge in [-0.3, -0.25) is 4.79 Å². The second-order valence-corrected chi connectivity index (χ2v) is 8.06. The zero-order valence-electron chi connectivity index (χ0n) is 15.9. The smallest absolute Gasteiger partial charge is 0.408 e. The molecule has 2 aromatic rings. The Labute approximate surface area is 178 Å². The maximum atomic E-state index is 12.4. The maximum absolute atomic E-state index is 12.4. The molecule has 2 aromatic carbocycles. The van der Waals surface area contributed by atoms with Crippen molar-refractivity contribution in [3.05, 3.63) is 71.8 Å². The number of rotatable bonds is 8. The monoisotopic (exact) mass is 430 g/mol. The summed E-state index contributed by atoms with van der Waals surface area (Å²) in [4.78, 5) is 24.4. The average Bonchev–Trinajstić information content (AvgIpc) is 3.19. The molecule has 0 aromatic heterocycles. The van der Waals surface area contributed by atoms with Crippen LogP contribution in [0, 0.1) is 0 Å². The summed E-state index contributed by atoms with van der Waals surface area (Å²) in [5.74, 6) is 0.431. The first kappa shape index (κ1) is 21.1. The predicted octanol–water partition coefficient (Wildman–Crippen LogP) is 3.54. The van der Waals surface area contributed by atoms with Gasteiger partial charge in [0, 0.05) is 5.75 Å². The van der Waals surface area contributed by atoms with Crippen LogP contribution in [-0.2, 0) is 21.9 Å². The van der Waals surface area contributed by atoms with Crippen molar-refractivity contribution < 1.29 is 14.3 Å². The highest BCUT2D eigenvalue weighted by Crippen LogP contribution is 2.28. The van der Waals surface area contributed by atoms with Gasteiger partial charge in [0.05, 0.1) is 5.55 Å². The minimum Gasteiger partial charge on any atom is -0.445 e. The Morgan fingerprint density at radius 3 is 2.48 bits per heavy atom. The van der Waals surface area contributed by atoms with E-state index < -0.39 is 12.1 Å². The van der Waals surface area contributed by atoms with Crippen molar-refractivity contribution in [2.24, 2.45) is 5.10 Å². The Hall–Kier alpha value is -2.65. The van der Waals surface area contributed by atoms with Crippen molar-refractivity contribution in [2.45, 2.75) is 30.8 Å². The van der Waals surface area contributed by atoms with E-state index in [2.05, 4.69) is 15.7 Å². The van der Waals surface area contributed by atoms with Gasteiger partial charge in [-0.25, -0.2) is 9.21 Å². The summed E-state index contributed by atoms with van der Waals surface area (Å²) in [6, 6.07) is 18.7. The van der Waals surface area contributed by atoms with Crippen LogP contribution in [0.15, 0.2) is 65.8 Å². The number of ether oxygens (including phenoxy) is 1. The summed E-state index contributed by atoms with van der Waals surface area (Å²) in [5, 5.41) is 9.70. The second-order valence-electron chi connectivity index (χ2n) is 6.21. The topological polar surface area (TPSA) is 83.0 Å². The van der Waals surface area contributed by atoms with Crippen LogP contribution in [0.4, 0.5) is 4.79 Å². The van der Waals surface area contributed by atoms with Crippen LogP contribution >= 0.6 is 23.7 Å². The van der Waals surface area contributed by atoms with Gasteiger partial charge in [0.25, 0.3) is 0 Å². The molecule has 1 aliphatic rings. The van der Waals surface area contributed by atoms with Gasteiger partial charge >= 0.3 is 6.09 Å². The van der Waals surface area contributed by atoms with Gasteiger partial charge in [0.1, 0.15) is 12.6 Å². The molecule has 9 heteroatoms. The maximum Gasteiger partial charge on any atom is 0.408 e. The van der Waals surface area contributed by atoms with E-state index in [1.807, 2.05) is 60.7 Å². The molecule has 152 valence electrons. The molecule has 0 saturated heterocycles. The molecule has 2 atom stereocenters. The lowest BCUT2D eigenvalue weighted by Gasteiger charge is -2.24. The number of hydrogen-bond donors (Lipinski definition) is 2. The molecule has 0 saturated carbocycles. The summed E-state index contributed by atoms with van der Waals surface area (Å²) in [6.45, 7) is 1.76. The number of thioether (sulfide) groups is 1. The molecule has 0 bridgehead atoms. The van der Waals surface area contributed by atoms with Gasteiger partial charge in [-0.05, 0) is 30.0 Å². The van der Waals surface area contributed by atoms with Gasteiger partial charge < -0.3 is 15.4 Å². The van der Waals surface area contributed by atoms with Crippen molar-refractivity contribution in [1.29, 1.82) is 0 Å². The molecule has 3 rings (SSSR count). The first-order valence-electron chi connectivity index (χ1n) is 9.03. The predicted molar refractivity (Wildman–Crippen MR) is 117 cm³/mol. The molecule has 0 fully saturated rings. The van der Waals surface area contributed by atoms with Crippen molar-refractivity contribution >= 4 is 41.3 Å². The molecular weight excluding hydrogens is 408 g/mol. The van der Waals surface area contributed by atoms with E-state index in [1.54, 1.807) is 16.9 Å². The Morgan fingerprint density at radius 2 is 1.79 bits per heavy atom. The Kier molecular flexibility index (Phi) is 7.83. The van der Waals surface area contributed by atoms with E-state index in [0.717, 1.165) is 11.3 Å². The van der Waals surface area contributed by atoms with Crippen LogP contribution in [0.3, 0.4) is 0 Å². The average molecular weight is 431 g/mol. The Morgan fingerprint density at radius 1 is 1.14 bits per heavy atom. The summed E-state index contributed by atoms with van der Waals surface area (Å²) in [5.41, 5.74) is 3.41. The zero-order valence-corrected chi connectivity index (χ0v) is 17.5. The number of nitrogens with zero attached hydrogens (tertiary/aromatic N) is 2. The normalized spacial score (nSPS) is 16.3. The third-order valence-electron chi connectivity index (χ3n) is 3.96. The van der Waals surface area contributed by atoms with E-state index in [1.165, 1.54) is 29.3 Å². The number of nitrogens with one attached hydrogen (secondary N) is 2. The fourth-order valence-electron chi connectivity index (χ4n) is 2.40. The van der Waals surface area contributed by atoms with Crippen LogP contribution in [0.5, 0.6) is 0 Å². The number of benzene rings is 2. The molecule has 1 heterocycles. The lowest BCUT2D eigenvalue weighted by atomic mass is 10.2. The molecule has 2 N–H and O–H groups in total. The largest absolute Gasteiger partial charge is 0.445 e. The Balaban J connectivity index is 1.41. The van der Waals surface area contributed by atoms with E-state index in [0.29, 0.717) is 0 Å². The molecule has 0 spiro atoms. The van der Waals surface area contributed by atoms with Gasteiger partial charge in [-0.15, -0.1) is 0 Å². The summed E-state index contributed by atoms with van der Waals surface area (Å²) < 4.78 is 6.90. The van der Waals surface area contributed by atoms with Crippen LogP contribution in [0.2, 0.25) is 0 Å². The fourth-order valence-corrected chi connectivity index (χ4v) is 4.18. The Bertz CT molecular complexity index is 836. The SMILES string of the molecule is C[C@H](NC(=O)OCc1ccccc1)C(=O)NC1SC=NN1SCc1ccccc1. The van der Waals surface area contributed by atoms with Crippen molar-refractivity contribution in [3.63, 3.8) is 0 Å². The highest BCUT2D eigenvalue weighted by atomic mass is 32.2. The van der Waals surface area contributed by atoms with Gasteiger partial charge in [0.15, 0.2) is 5.50 Å². The second kappa shape index (κ2) is 10.8. The number of hydrazone groups is 1. The third kappa shape index (κ3) is 6.72. The van der Waals surface area contributed by atoms with E-state index in [4.69, 9.17) is 4.74 Å². The summed E-state index contributed by atoms with van der Waals surface area (Å²) >= 11 is 2.90. The first-order chi connectivity index (χ1) is 14.1. The van der Waals surface area contributed by atoms with E-state index in [9.17, 15) is 9.59 Å². The number of alkyl carbamates (subject to hydrolysis) is 1. The molecule has 0 radical (unpaired) electrons. The van der Waals surface area contributed by atoms with Gasteiger partial charge in [-0.2, -0.15) is 5.10 Å². The van der Waals surface area contributed by atoms with Crippen LogP contribution in [0.1, 0.15) is 18.1 Å². The minimum absolute atomic E-state index is 0.150. The van der Waals surface area contributed by atoms with Gasteiger partial charge in [0.2, 0.25) is 5.91 Å². The lowest BCUT2D eigenvalue weighted by Crippen LogP contribution is -2.49. The number of carbonyl (C=O) groups is 2. The van der Waals surface area contributed by atoms with Crippen LogP contribution in [-0.4, -0.2) is 33.5 Å². The van der Waals surface area contributed by atoms with Crippen molar-refractivity contribution in [2.75, 3.05) is 0 Å². The quantitative estimate of drug-likeness (QED) is 0.624. The van der Waals surface area contributed by atoms with Crippen LogP contribution in [0.25, 0.3) is 0 Å². The van der Waals surface area contributed by atoms with Crippen molar-refractivity contribution in [3.8, 4) is 0 Å². The van der Waals surface area contributed by atoms with E-state index >= 15 is 0 Å². The molecule has 1 unspecified atom stereocenters. The summed E-state index contributed by atoms with van der Waals surface area (Å²) in [6.07, 6.45) is -0.637. The highest BCUT2D eigenvalue weighted by Gasteiger charge is 2.27. The molecule has 0 aliphatic carbocycles.